The van der Waals surface area contributed by atoms with Crippen molar-refractivity contribution in [3.8, 4) is 29.0 Å². The van der Waals surface area contributed by atoms with Crippen molar-refractivity contribution in [3.05, 3.63) is 187 Å². The fraction of sp³-hybridized carbons (Fsp3) is 0. The van der Waals surface area contributed by atoms with Crippen molar-refractivity contribution < 1.29 is 0 Å². The smallest absolute Gasteiger partial charge is 0.181 e. The maximum absolute atomic E-state index is 11.1. The number of rotatable bonds is 6. The Labute approximate surface area is 280 Å². The van der Waals surface area contributed by atoms with E-state index in [0.717, 1.165) is 43.8 Å². The topological polar surface area (TPSA) is 52.5 Å². The number of fused-ring (bicyclic) bond motifs is 3. The van der Waals surface area contributed by atoms with Crippen LogP contribution >= 0.6 is 0 Å². The normalized spacial score (nSPS) is 11.3. The molecule has 0 aliphatic rings. The van der Waals surface area contributed by atoms with Gasteiger partial charge in [0, 0.05) is 16.3 Å². The fourth-order valence-electron chi connectivity index (χ4n) is 7.52. The van der Waals surface area contributed by atoms with Gasteiger partial charge in [-0.15, -0.1) is 0 Å². The summed E-state index contributed by atoms with van der Waals surface area (Å²) in [6.07, 6.45) is 0. The fourth-order valence-corrected chi connectivity index (χ4v) is 12.6. The summed E-state index contributed by atoms with van der Waals surface area (Å²) in [6, 6.07) is 65.8. The zero-order valence-electron chi connectivity index (χ0n) is 26.1. The summed E-state index contributed by atoms with van der Waals surface area (Å²) in [5, 5.41) is 28.7. The number of hydrogen-bond acceptors (Lipinski definition) is 2. The molecule has 0 unspecified atom stereocenters. The number of nitrogens with zero attached hydrogens (tertiary/aromatic N) is 3. The van der Waals surface area contributed by atoms with Crippen LogP contribution in [0, 0.1) is 22.7 Å². The van der Waals surface area contributed by atoms with Crippen molar-refractivity contribution in [2.45, 2.75) is 0 Å². The molecular formula is C44H29N3Si. The van der Waals surface area contributed by atoms with Crippen molar-refractivity contribution in [3.63, 3.8) is 0 Å². The lowest BCUT2D eigenvalue weighted by Gasteiger charge is -2.36. The molecular weight excluding hydrogens is 599 g/mol. The highest BCUT2D eigenvalue weighted by atomic mass is 28.3. The molecule has 0 saturated carbocycles. The molecule has 0 atom stereocenters. The molecule has 0 fully saturated rings. The van der Waals surface area contributed by atoms with E-state index in [-0.39, 0.29) is 0 Å². The van der Waals surface area contributed by atoms with Crippen LogP contribution in [0.2, 0.25) is 0 Å². The maximum Gasteiger partial charge on any atom is 0.181 e. The highest BCUT2D eigenvalue weighted by molar-refractivity contribution is 7.20. The Morgan fingerprint density at radius 2 is 0.875 bits per heavy atom. The average molecular weight is 628 g/mol. The molecule has 0 aliphatic heterocycles. The van der Waals surface area contributed by atoms with Gasteiger partial charge in [0.05, 0.1) is 33.9 Å². The molecule has 4 heteroatoms. The zero-order valence-corrected chi connectivity index (χ0v) is 27.1. The van der Waals surface area contributed by atoms with Crippen LogP contribution in [0.25, 0.3) is 38.6 Å². The van der Waals surface area contributed by atoms with Gasteiger partial charge >= 0.3 is 0 Å². The van der Waals surface area contributed by atoms with Crippen LogP contribution in [0.15, 0.2) is 176 Å². The van der Waals surface area contributed by atoms with Gasteiger partial charge in [0.25, 0.3) is 0 Å². The lowest BCUT2D eigenvalue weighted by molar-refractivity contribution is 1.17. The van der Waals surface area contributed by atoms with Crippen LogP contribution in [-0.2, 0) is 0 Å². The van der Waals surface area contributed by atoms with Gasteiger partial charge in [0.15, 0.2) is 8.07 Å². The van der Waals surface area contributed by atoms with Crippen LogP contribution < -0.4 is 20.7 Å². The van der Waals surface area contributed by atoms with Gasteiger partial charge in [-0.25, -0.2) is 0 Å². The van der Waals surface area contributed by atoms with E-state index in [1.54, 1.807) is 0 Å². The third-order valence-electron chi connectivity index (χ3n) is 9.45. The summed E-state index contributed by atoms with van der Waals surface area (Å²) in [4.78, 5) is 0. The minimum Gasteiger partial charge on any atom is -0.308 e. The lowest BCUT2D eigenvalue weighted by atomic mass is 9.97. The van der Waals surface area contributed by atoms with Gasteiger partial charge in [-0.3, -0.25) is 0 Å². The summed E-state index contributed by atoms with van der Waals surface area (Å²) < 4.78 is 2.21. The molecule has 224 valence electrons. The number of benzene rings is 7. The van der Waals surface area contributed by atoms with E-state index in [1.807, 2.05) is 60.7 Å². The first-order chi connectivity index (χ1) is 23.8. The second-order valence-electron chi connectivity index (χ2n) is 11.9. The summed E-state index contributed by atoms with van der Waals surface area (Å²) in [6.45, 7) is 0. The van der Waals surface area contributed by atoms with Crippen molar-refractivity contribution in [1.29, 1.82) is 10.5 Å². The Hall–Kier alpha value is -6.46. The van der Waals surface area contributed by atoms with E-state index in [9.17, 15) is 10.5 Å². The van der Waals surface area contributed by atoms with E-state index in [2.05, 4.69) is 132 Å². The van der Waals surface area contributed by atoms with E-state index < -0.39 is 8.07 Å². The van der Waals surface area contributed by atoms with Crippen LogP contribution in [0.1, 0.15) is 11.1 Å². The minimum absolute atomic E-state index is 0.567. The molecule has 1 aromatic heterocycles. The number of aromatic nitrogens is 1. The Kier molecular flexibility index (Phi) is 7.27. The second kappa shape index (κ2) is 12.0. The molecule has 8 aromatic rings. The summed E-state index contributed by atoms with van der Waals surface area (Å²) in [5.41, 5.74) is 5.78. The van der Waals surface area contributed by atoms with Gasteiger partial charge in [0.1, 0.15) is 6.07 Å². The molecule has 1 heterocycles. The summed E-state index contributed by atoms with van der Waals surface area (Å²) >= 11 is 0. The van der Waals surface area contributed by atoms with E-state index >= 15 is 0 Å². The standard InChI is InChI=1S/C44H29N3Si/c45-30-32-16-14-26-39(44(32)48(33-17-4-1-5-18-33,34-19-6-2-7-20-34)35-21-8-3-9-22-35)36-25-15-29-43(40(36)31-46)47-41-27-12-10-23-37(41)38-24-11-13-28-42(38)47/h1-29H. The third-order valence-corrected chi connectivity index (χ3v) is 14.3. The van der Waals surface area contributed by atoms with Gasteiger partial charge in [-0.1, -0.05) is 152 Å². The van der Waals surface area contributed by atoms with Crippen LogP contribution in [0.5, 0.6) is 0 Å². The highest BCUT2D eigenvalue weighted by Gasteiger charge is 2.44. The molecule has 48 heavy (non-hydrogen) atoms. The molecule has 7 aromatic carbocycles. The molecule has 0 bridgehead atoms. The molecule has 0 amide bonds. The van der Waals surface area contributed by atoms with Crippen LogP contribution in [0.4, 0.5) is 0 Å². The third kappa shape index (κ3) is 4.40. The lowest BCUT2D eigenvalue weighted by Crippen LogP contribution is -2.75. The first-order valence-corrected chi connectivity index (χ1v) is 18.0. The predicted molar refractivity (Wildman–Crippen MR) is 199 cm³/mol. The molecule has 0 spiro atoms. The second-order valence-corrected chi connectivity index (χ2v) is 15.6. The van der Waals surface area contributed by atoms with Crippen LogP contribution in [0.3, 0.4) is 0 Å². The monoisotopic (exact) mass is 627 g/mol. The first-order valence-electron chi connectivity index (χ1n) is 16.0. The predicted octanol–water partition coefficient (Wildman–Crippen LogP) is 7.57. The average Bonchev–Trinajstić information content (AvgIpc) is 3.50. The molecule has 8 rings (SSSR count). The first kappa shape index (κ1) is 29.0. The minimum atomic E-state index is -3.14. The highest BCUT2D eigenvalue weighted by Crippen LogP contribution is 2.36. The van der Waals surface area contributed by atoms with E-state index in [1.165, 1.54) is 15.6 Å². The van der Waals surface area contributed by atoms with Gasteiger partial charge < -0.3 is 4.57 Å². The summed E-state index contributed by atoms with van der Waals surface area (Å²) in [5.74, 6) is 0. The van der Waals surface area contributed by atoms with E-state index in [0.29, 0.717) is 11.1 Å². The molecule has 0 radical (unpaired) electrons. The largest absolute Gasteiger partial charge is 0.308 e. The number of hydrogen-bond donors (Lipinski definition) is 0. The zero-order chi connectivity index (χ0) is 32.5. The molecule has 3 nitrogen and oxygen atoms in total. The molecule has 0 aliphatic carbocycles. The van der Waals surface area contributed by atoms with Crippen molar-refractivity contribution in [2.24, 2.45) is 0 Å². The Morgan fingerprint density at radius 1 is 0.417 bits per heavy atom. The maximum atomic E-state index is 11.1. The number of para-hydroxylation sites is 2. The van der Waals surface area contributed by atoms with Gasteiger partial charge in [-0.2, -0.15) is 10.5 Å². The van der Waals surface area contributed by atoms with Crippen LogP contribution in [-0.4, -0.2) is 12.6 Å². The van der Waals surface area contributed by atoms with Crippen molar-refractivity contribution >= 4 is 50.6 Å². The Morgan fingerprint density at radius 3 is 1.38 bits per heavy atom. The van der Waals surface area contributed by atoms with Gasteiger partial charge in [0.2, 0.25) is 0 Å². The summed E-state index contributed by atoms with van der Waals surface area (Å²) in [7, 11) is -3.14. The Balaban J connectivity index is 1.52. The Bertz CT molecular complexity index is 2370. The molecule has 0 saturated heterocycles. The van der Waals surface area contributed by atoms with Crippen molar-refractivity contribution in [2.75, 3.05) is 0 Å². The quantitative estimate of drug-likeness (QED) is 0.141. The molecule has 0 N–H and O–H groups in total. The SMILES string of the molecule is N#Cc1cccc(-c2cccc(-n3c4ccccc4c4ccccc43)c2C#N)c1[Si](c1ccccc1)(c1ccccc1)c1ccccc1. The van der Waals surface area contributed by atoms with Crippen molar-refractivity contribution in [1.82, 2.24) is 4.57 Å². The van der Waals surface area contributed by atoms with Gasteiger partial charge in [-0.05, 0) is 50.6 Å². The van der Waals surface area contributed by atoms with E-state index in [4.69, 9.17) is 0 Å². The number of nitriles is 2.